The number of hydrazone groups is 1. The Morgan fingerprint density at radius 2 is 1.53 bits per heavy atom. The molecule has 3 aromatic rings. The molecule has 32 heavy (non-hydrogen) atoms. The summed E-state index contributed by atoms with van der Waals surface area (Å²) in [6, 6.07) is 15.9. The molecule has 0 aliphatic rings. The van der Waals surface area contributed by atoms with Crippen LogP contribution in [0.4, 0.5) is 0 Å². The average molecular weight is 473 g/mol. The van der Waals surface area contributed by atoms with Crippen LogP contribution < -0.4 is 19.6 Å². The number of esters is 1. The lowest BCUT2D eigenvalue weighted by Crippen LogP contribution is -2.17. The highest BCUT2D eigenvalue weighted by Crippen LogP contribution is 2.28. The van der Waals surface area contributed by atoms with Gasteiger partial charge in [0.15, 0.2) is 11.5 Å². The summed E-state index contributed by atoms with van der Waals surface area (Å²) in [5.74, 6) is 0.318. The van der Waals surface area contributed by atoms with Crippen LogP contribution >= 0.6 is 23.2 Å². The van der Waals surface area contributed by atoms with E-state index in [2.05, 4.69) is 10.5 Å². The Bertz CT molecular complexity index is 1160. The van der Waals surface area contributed by atoms with Gasteiger partial charge in [0.1, 0.15) is 5.75 Å². The third-order valence-corrected chi connectivity index (χ3v) is 5.01. The minimum Gasteiger partial charge on any atom is -0.493 e. The summed E-state index contributed by atoms with van der Waals surface area (Å²) < 4.78 is 15.7. The van der Waals surface area contributed by atoms with Gasteiger partial charge in [-0.25, -0.2) is 10.2 Å². The topological polar surface area (TPSA) is 86.2 Å². The molecule has 0 spiro atoms. The van der Waals surface area contributed by atoms with Crippen molar-refractivity contribution in [1.82, 2.24) is 5.43 Å². The molecule has 9 heteroatoms. The number of nitrogens with one attached hydrogen (secondary N) is 1. The molecule has 3 aromatic carbocycles. The molecule has 1 amide bonds. The smallest absolute Gasteiger partial charge is 0.343 e. The van der Waals surface area contributed by atoms with Crippen LogP contribution in [0.15, 0.2) is 65.8 Å². The Morgan fingerprint density at radius 1 is 0.844 bits per heavy atom. The van der Waals surface area contributed by atoms with Crippen molar-refractivity contribution >= 4 is 41.3 Å². The molecule has 0 atom stereocenters. The lowest BCUT2D eigenvalue weighted by molar-refractivity contribution is 0.0734. The van der Waals surface area contributed by atoms with Crippen LogP contribution in [0.3, 0.4) is 0 Å². The number of hydrogen-bond acceptors (Lipinski definition) is 6. The first-order valence-corrected chi connectivity index (χ1v) is 9.99. The second-order valence-electron chi connectivity index (χ2n) is 6.36. The van der Waals surface area contributed by atoms with Gasteiger partial charge in [0.05, 0.1) is 36.0 Å². The van der Waals surface area contributed by atoms with E-state index in [1.807, 2.05) is 0 Å². The van der Waals surface area contributed by atoms with Crippen LogP contribution in [-0.2, 0) is 0 Å². The van der Waals surface area contributed by atoms with Crippen molar-refractivity contribution in [3.8, 4) is 17.2 Å². The van der Waals surface area contributed by atoms with Gasteiger partial charge in [-0.3, -0.25) is 4.79 Å². The lowest BCUT2D eigenvalue weighted by Gasteiger charge is -2.09. The number of halogens is 2. The molecule has 0 fully saturated rings. The van der Waals surface area contributed by atoms with Crippen molar-refractivity contribution in [3.63, 3.8) is 0 Å². The zero-order valence-corrected chi connectivity index (χ0v) is 18.6. The molecule has 7 nitrogen and oxygen atoms in total. The minimum absolute atomic E-state index is 0.279. The molecular formula is C23H18Cl2N2O5. The van der Waals surface area contributed by atoms with Crippen molar-refractivity contribution < 1.29 is 23.8 Å². The number of methoxy groups -OCH3 is 2. The average Bonchev–Trinajstić information content (AvgIpc) is 2.81. The van der Waals surface area contributed by atoms with Gasteiger partial charge >= 0.3 is 5.97 Å². The summed E-state index contributed by atoms with van der Waals surface area (Å²) in [5, 5.41) is 4.55. The summed E-state index contributed by atoms with van der Waals surface area (Å²) in [7, 11) is 3.00. The van der Waals surface area contributed by atoms with E-state index in [1.54, 1.807) is 48.5 Å². The molecule has 0 unspecified atom stereocenters. The maximum Gasteiger partial charge on any atom is 0.343 e. The predicted molar refractivity (Wildman–Crippen MR) is 122 cm³/mol. The van der Waals surface area contributed by atoms with E-state index < -0.39 is 11.9 Å². The van der Waals surface area contributed by atoms with E-state index in [-0.39, 0.29) is 5.02 Å². The zero-order valence-electron chi connectivity index (χ0n) is 17.1. The number of benzene rings is 3. The number of rotatable bonds is 7. The number of nitrogens with zero attached hydrogens (tertiary/aromatic N) is 1. The minimum atomic E-state index is -0.541. The standard InChI is InChI=1S/C23H18Cl2N2O5/c1-30-20-10-6-16(12-21(20)31-2)23(29)32-17-7-3-14(4-8-17)13-26-27-22(28)15-5-9-18(24)19(25)11-15/h3-13H,1-2H3,(H,27,28)/b26-13+. The molecule has 164 valence electrons. The Kier molecular flexibility index (Phi) is 7.70. The van der Waals surface area contributed by atoms with E-state index in [0.717, 1.165) is 0 Å². The van der Waals surface area contributed by atoms with Crippen molar-refractivity contribution in [2.45, 2.75) is 0 Å². The molecule has 0 saturated heterocycles. The van der Waals surface area contributed by atoms with E-state index >= 15 is 0 Å². The summed E-state index contributed by atoms with van der Waals surface area (Å²) in [6.45, 7) is 0. The van der Waals surface area contributed by atoms with Gasteiger partial charge in [-0.1, -0.05) is 23.2 Å². The number of ether oxygens (including phenoxy) is 3. The molecular weight excluding hydrogens is 455 g/mol. The van der Waals surface area contributed by atoms with Gasteiger partial charge in [-0.15, -0.1) is 0 Å². The van der Waals surface area contributed by atoms with Crippen LogP contribution in [0.25, 0.3) is 0 Å². The fraction of sp³-hybridized carbons (Fsp3) is 0.0870. The van der Waals surface area contributed by atoms with E-state index in [0.29, 0.717) is 39.0 Å². The van der Waals surface area contributed by atoms with Gasteiger partial charge in [0.2, 0.25) is 0 Å². The molecule has 1 N–H and O–H groups in total. The second-order valence-corrected chi connectivity index (χ2v) is 7.17. The summed E-state index contributed by atoms with van der Waals surface area (Å²) >= 11 is 11.7. The third-order valence-electron chi connectivity index (χ3n) is 4.27. The summed E-state index contributed by atoms with van der Waals surface area (Å²) in [6.07, 6.45) is 1.45. The fourth-order valence-corrected chi connectivity index (χ4v) is 2.92. The van der Waals surface area contributed by atoms with Crippen molar-refractivity contribution in [1.29, 1.82) is 0 Å². The Morgan fingerprint density at radius 3 is 2.19 bits per heavy atom. The van der Waals surface area contributed by atoms with Crippen LogP contribution in [-0.4, -0.2) is 32.3 Å². The number of hydrogen-bond donors (Lipinski definition) is 1. The number of carbonyl (C=O) groups is 2. The normalized spacial score (nSPS) is 10.6. The monoisotopic (exact) mass is 472 g/mol. The molecule has 3 rings (SSSR count). The quantitative estimate of drug-likeness (QED) is 0.226. The first-order chi connectivity index (χ1) is 15.4. The SMILES string of the molecule is COc1ccc(C(=O)Oc2ccc(/C=N/NC(=O)c3ccc(Cl)c(Cl)c3)cc2)cc1OC. The highest BCUT2D eigenvalue weighted by atomic mass is 35.5. The van der Waals surface area contributed by atoms with Crippen LogP contribution in [0.1, 0.15) is 26.3 Å². The molecule has 0 bridgehead atoms. The van der Waals surface area contributed by atoms with E-state index in [9.17, 15) is 9.59 Å². The number of amides is 1. The van der Waals surface area contributed by atoms with Crippen molar-refractivity contribution in [3.05, 3.63) is 87.4 Å². The Hall–Kier alpha value is -3.55. The Balaban J connectivity index is 1.59. The zero-order chi connectivity index (χ0) is 23.1. The van der Waals surface area contributed by atoms with Gasteiger partial charge in [-0.2, -0.15) is 5.10 Å². The van der Waals surface area contributed by atoms with E-state index in [4.69, 9.17) is 37.4 Å². The van der Waals surface area contributed by atoms with Crippen LogP contribution in [0.5, 0.6) is 17.2 Å². The summed E-state index contributed by atoms with van der Waals surface area (Å²) in [5.41, 5.74) is 3.74. The van der Waals surface area contributed by atoms with Gasteiger partial charge < -0.3 is 14.2 Å². The molecule has 0 heterocycles. The van der Waals surface area contributed by atoms with Gasteiger partial charge in [-0.05, 0) is 66.2 Å². The molecule has 0 aliphatic heterocycles. The highest BCUT2D eigenvalue weighted by Gasteiger charge is 2.13. The van der Waals surface area contributed by atoms with Crippen LogP contribution in [0.2, 0.25) is 10.0 Å². The van der Waals surface area contributed by atoms with E-state index in [1.165, 1.54) is 32.6 Å². The molecule has 0 aliphatic carbocycles. The lowest BCUT2D eigenvalue weighted by atomic mass is 10.2. The van der Waals surface area contributed by atoms with Crippen molar-refractivity contribution in [2.24, 2.45) is 5.10 Å². The predicted octanol–water partition coefficient (Wildman–Crippen LogP) is 4.99. The molecule has 0 saturated carbocycles. The maximum atomic E-state index is 12.4. The first-order valence-electron chi connectivity index (χ1n) is 9.24. The first kappa shape index (κ1) is 23.1. The number of carbonyl (C=O) groups excluding carboxylic acids is 2. The maximum absolute atomic E-state index is 12.4. The molecule has 0 aromatic heterocycles. The third kappa shape index (κ3) is 5.78. The fourth-order valence-electron chi connectivity index (χ4n) is 2.62. The second kappa shape index (κ2) is 10.7. The van der Waals surface area contributed by atoms with Gasteiger partial charge in [0, 0.05) is 5.56 Å². The van der Waals surface area contributed by atoms with Crippen LogP contribution in [0, 0.1) is 0 Å². The summed E-state index contributed by atoms with van der Waals surface area (Å²) in [4.78, 5) is 24.5. The van der Waals surface area contributed by atoms with Crippen molar-refractivity contribution in [2.75, 3.05) is 14.2 Å². The Labute approximate surface area is 194 Å². The largest absolute Gasteiger partial charge is 0.493 e. The highest BCUT2D eigenvalue weighted by molar-refractivity contribution is 6.42. The molecule has 0 radical (unpaired) electrons. The van der Waals surface area contributed by atoms with Gasteiger partial charge in [0.25, 0.3) is 5.91 Å².